The van der Waals surface area contributed by atoms with Gasteiger partial charge in [-0.25, -0.2) is 4.79 Å². The third-order valence-corrected chi connectivity index (χ3v) is 2.11. The predicted molar refractivity (Wildman–Crippen MR) is 44.6 cm³/mol. The first-order valence-electron chi connectivity index (χ1n) is 6.69. The van der Waals surface area contributed by atoms with Gasteiger partial charge >= 0.3 is 6.03 Å². The molecule has 2 fully saturated rings. The van der Waals surface area contributed by atoms with Gasteiger partial charge in [-0.1, -0.05) is 0 Å². The average Bonchev–Trinajstić information content (AvgIpc) is 2.61. The van der Waals surface area contributed by atoms with Gasteiger partial charge < -0.3 is 4.90 Å². The maximum absolute atomic E-state index is 12.0. The highest BCUT2D eigenvalue weighted by Gasteiger charge is 2.45. The molecule has 0 spiro atoms. The van der Waals surface area contributed by atoms with Crippen molar-refractivity contribution in [2.24, 2.45) is 0 Å². The van der Waals surface area contributed by atoms with Crippen molar-refractivity contribution in [1.82, 2.24) is 20.4 Å². The van der Waals surface area contributed by atoms with Crippen LogP contribution in [0.5, 0.6) is 0 Å². The Bertz CT molecular complexity index is 421. The maximum atomic E-state index is 12.0. The molecule has 0 aromatic carbocycles. The van der Waals surface area contributed by atoms with E-state index in [2.05, 4.69) is 10.6 Å². The second-order valence-electron chi connectivity index (χ2n) is 2.83. The van der Waals surface area contributed by atoms with Crippen LogP contribution in [0, 0.1) is 0 Å². The molecule has 2 heterocycles. The summed E-state index contributed by atoms with van der Waals surface area (Å²) in [6, 6.07) is -2.43. The SMILES string of the molecule is [2H]C([2H])([2H])N1C(=O)C2NCNC2N(C([2H])([2H])[2H])C1=O. The van der Waals surface area contributed by atoms with E-state index in [1.165, 1.54) is 0 Å². The van der Waals surface area contributed by atoms with Gasteiger partial charge in [0.1, 0.15) is 12.2 Å². The molecule has 2 aliphatic heterocycles. The van der Waals surface area contributed by atoms with Crippen LogP contribution in [0.3, 0.4) is 0 Å². The molecule has 0 aliphatic carbocycles. The fourth-order valence-electron chi connectivity index (χ4n) is 1.43. The molecule has 2 atom stereocenters. The summed E-state index contributed by atoms with van der Waals surface area (Å²) in [6.07, 6.45) is -1.08. The molecule has 13 heavy (non-hydrogen) atoms. The van der Waals surface area contributed by atoms with Gasteiger partial charge in [-0.2, -0.15) is 0 Å². The van der Waals surface area contributed by atoms with Gasteiger partial charge in [0.25, 0.3) is 5.91 Å². The third kappa shape index (κ3) is 1.02. The fourth-order valence-corrected chi connectivity index (χ4v) is 1.43. The number of likely N-dealkylation sites (N-methyl/N-ethyl adjacent to an activating group) is 2. The van der Waals surface area contributed by atoms with Crippen molar-refractivity contribution >= 4 is 11.9 Å². The Hall–Kier alpha value is -1.14. The second-order valence-corrected chi connectivity index (χ2v) is 2.83. The molecule has 6 heteroatoms. The molecule has 0 saturated carbocycles. The molecule has 2 aliphatic rings. The van der Waals surface area contributed by atoms with E-state index >= 15 is 0 Å². The van der Waals surface area contributed by atoms with Crippen molar-refractivity contribution in [3.63, 3.8) is 0 Å². The molecule has 2 saturated heterocycles. The van der Waals surface area contributed by atoms with E-state index in [9.17, 15) is 9.59 Å². The minimum Gasteiger partial charge on any atom is -0.310 e. The lowest BCUT2D eigenvalue weighted by Crippen LogP contribution is -2.64. The molecular weight excluding hydrogens is 172 g/mol. The first-order chi connectivity index (χ1) is 8.55. The van der Waals surface area contributed by atoms with Crippen LogP contribution < -0.4 is 10.6 Å². The number of nitrogens with zero attached hydrogens (tertiary/aromatic N) is 2. The zero-order valence-corrected chi connectivity index (χ0v) is 6.57. The summed E-state index contributed by atoms with van der Waals surface area (Å²) in [5.74, 6) is -0.958. The summed E-state index contributed by atoms with van der Waals surface area (Å²) in [5, 5.41) is 5.29. The van der Waals surface area contributed by atoms with Crippen LogP contribution in [-0.2, 0) is 4.79 Å². The summed E-state index contributed by atoms with van der Waals surface area (Å²) in [4.78, 5) is 24.4. The molecule has 72 valence electrons. The van der Waals surface area contributed by atoms with E-state index in [0.717, 1.165) is 0 Å². The van der Waals surface area contributed by atoms with Crippen LogP contribution >= 0.6 is 0 Å². The van der Waals surface area contributed by atoms with Gasteiger partial charge in [-0.3, -0.25) is 20.3 Å². The Balaban J connectivity index is 2.45. The summed E-state index contributed by atoms with van der Waals surface area (Å²) in [7, 11) is 0. The van der Waals surface area contributed by atoms with Crippen LogP contribution in [0.15, 0.2) is 0 Å². The fraction of sp³-hybridized carbons (Fsp3) is 0.714. The highest BCUT2D eigenvalue weighted by molar-refractivity contribution is 6.00. The zero-order chi connectivity index (χ0) is 14.6. The lowest BCUT2D eigenvalue weighted by atomic mass is 10.1. The predicted octanol–water partition coefficient (Wildman–Crippen LogP) is -1.64. The second kappa shape index (κ2) is 2.68. The van der Waals surface area contributed by atoms with E-state index < -0.39 is 38.1 Å². The minimum absolute atomic E-state index is 0.0144. The Morgan fingerprint density at radius 1 is 1.46 bits per heavy atom. The van der Waals surface area contributed by atoms with Crippen LogP contribution in [0.4, 0.5) is 4.79 Å². The molecule has 0 bridgehead atoms. The first kappa shape index (κ1) is 3.93. The standard InChI is InChI=1S/C7H12N4O2/c1-10-5-4(8-3-9-5)6(12)11(2)7(10)13/h4-5,8-9H,3H2,1-2H3/i1D3,2D3. The largest absolute Gasteiger partial charge is 0.327 e. The number of rotatable bonds is 0. The minimum atomic E-state index is -3.02. The Morgan fingerprint density at radius 2 is 2.31 bits per heavy atom. The van der Waals surface area contributed by atoms with E-state index in [1.807, 2.05) is 0 Å². The molecule has 0 aromatic rings. The zero-order valence-electron chi connectivity index (χ0n) is 12.6. The number of amides is 3. The number of nitrogens with one attached hydrogen (secondary N) is 2. The summed E-state index contributed by atoms with van der Waals surface area (Å²) < 4.78 is 43.5. The molecular formula is C7H12N4O2. The Kier molecular flexibility index (Phi) is 0.810. The van der Waals surface area contributed by atoms with Gasteiger partial charge in [0.05, 0.1) is 0 Å². The monoisotopic (exact) mass is 190 g/mol. The van der Waals surface area contributed by atoms with Crippen LogP contribution in [0.25, 0.3) is 0 Å². The summed E-state index contributed by atoms with van der Waals surface area (Å²) in [6.45, 7) is -5.76. The Labute approximate surface area is 84.3 Å². The smallest absolute Gasteiger partial charge is 0.310 e. The highest BCUT2D eigenvalue weighted by atomic mass is 16.2. The van der Waals surface area contributed by atoms with E-state index in [0.29, 0.717) is 4.90 Å². The molecule has 6 nitrogen and oxygen atoms in total. The lowest BCUT2D eigenvalue weighted by Gasteiger charge is -2.37. The van der Waals surface area contributed by atoms with Gasteiger partial charge in [0.15, 0.2) is 0 Å². The summed E-state index contributed by atoms with van der Waals surface area (Å²) in [5.41, 5.74) is 0. The van der Waals surface area contributed by atoms with Crippen molar-refractivity contribution in [1.29, 1.82) is 0 Å². The highest BCUT2D eigenvalue weighted by Crippen LogP contribution is 2.15. The first-order valence-corrected chi connectivity index (χ1v) is 3.69. The van der Waals surface area contributed by atoms with E-state index in [1.54, 1.807) is 0 Å². The van der Waals surface area contributed by atoms with Crippen LogP contribution in [-0.4, -0.2) is 54.6 Å². The lowest BCUT2D eigenvalue weighted by molar-refractivity contribution is -0.133. The van der Waals surface area contributed by atoms with Crippen LogP contribution in [0.1, 0.15) is 8.22 Å². The molecule has 2 N–H and O–H groups in total. The molecule has 3 amide bonds. The third-order valence-electron chi connectivity index (χ3n) is 2.11. The van der Waals surface area contributed by atoms with Gasteiger partial charge in [-0.05, 0) is 0 Å². The van der Waals surface area contributed by atoms with Crippen molar-refractivity contribution in [3.05, 3.63) is 0 Å². The van der Waals surface area contributed by atoms with Crippen molar-refractivity contribution in [3.8, 4) is 0 Å². The van der Waals surface area contributed by atoms with Crippen LogP contribution in [0.2, 0.25) is 0 Å². The molecule has 2 rings (SSSR count). The number of hydrogen-bond donors (Lipinski definition) is 2. The maximum Gasteiger partial charge on any atom is 0.327 e. The number of hydrogen-bond acceptors (Lipinski definition) is 4. The number of carbonyl (C=O) groups excluding carboxylic acids is 2. The van der Waals surface area contributed by atoms with Gasteiger partial charge in [-0.15, -0.1) is 0 Å². The van der Waals surface area contributed by atoms with Crippen molar-refractivity contribution in [2.75, 3.05) is 20.6 Å². The molecule has 2 unspecified atom stereocenters. The topological polar surface area (TPSA) is 64.7 Å². The van der Waals surface area contributed by atoms with E-state index in [4.69, 9.17) is 8.22 Å². The summed E-state index contributed by atoms with van der Waals surface area (Å²) >= 11 is 0. The van der Waals surface area contributed by atoms with Crippen molar-refractivity contribution in [2.45, 2.75) is 12.2 Å². The molecule has 0 aromatic heterocycles. The Morgan fingerprint density at radius 3 is 3.00 bits per heavy atom. The quantitative estimate of drug-likeness (QED) is 0.480. The number of fused-ring (bicyclic) bond motifs is 1. The number of imide groups is 1. The molecule has 0 radical (unpaired) electrons. The number of carbonyl (C=O) groups is 2. The number of urea groups is 1. The normalized spacial score (nSPS) is 42.8. The van der Waals surface area contributed by atoms with E-state index in [-0.39, 0.29) is 11.6 Å². The van der Waals surface area contributed by atoms with Gasteiger partial charge in [0, 0.05) is 28.8 Å². The van der Waals surface area contributed by atoms with Gasteiger partial charge in [0.2, 0.25) is 0 Å². The van der Waals surface area contributed by atoms with Crippen molar-refractivity contribution < 1.29 is 17.8 Å². The average molecular weight is 190 g/mol.